The third kappa shape index (κ3) is 4.69. The zero-order valence-electron chi connectivity index (χ0n) is 30.7. The van der Waals surface area contributed by atoms with Crippen LogP contribution in [0.25, 0.3) is 122 Å². The van der Waals surface area contributed by atoms with Crippen LogP contribution in [0.15, 0.2) is 170 Å². The minimum atomic E-state index is 0.654. The second kappa shape index (κ2) is 12.4. The van der Waals surface area contributed by atoms with E-state index in [0.717, 1.165) is 33.4 Å². The summed E-state index contributed by atoms with van der Waals surface area (Å²) in [4.78, 5) is 16.1. The second-order valence-electron chi connectivity index (χ2n) is 14.7. The van der Waals surface area contributed by atoms with Crippen LogP contribution >= 0.6 is 34.0 Å². The predicted molar refractivity (Wildman–Crippen MR) is 249 cm³/mol. The van der Waals surface area contributed by atoms with E-state index >= 15 is 0 Å². The molecule has 58 heavy (non-hydrogen) atoms. The van der Waals surface area contributed by atoms with Crippen LogP contribution < -0.4 is 0 Å². The molecular formula is C51H28N4S3. The zero-order chi connectivity index (χ0) is 37.9. The van der Waals surface area contributed by atoms with Crippen molar-refractivity contribution in [2.24, 2.45) is 0 Å². The molecule has 0 N–H and O–H groups in total. The summed E-state index contributed by atoms with van der Waals surface area (Å²) in [6, 6.07) is 61.0. The molecule has 5 heterocycles. The third-order valence-corrected chi connectivity index (χ3v) is 15.0. The first-order valence-corrected chi connectivity index (χ1v) is 21.7. The quantitative estimate of drug-likeness (QED) is 0.178. The molecule has 0 spiro atoms. The maximum Gasteiger partial charge on any atom is 0.165 e. The van der Waals surface area contributed by atoms with Crippen LogP contribution in [0.5, 0.6) is 0 Å². The maximum absolute atomic E-state index is 5.47. The molecular weight excluding hydrogens is 765 g/mol. The molecule has 13 rings (SSSR count). The normalized spacial score (nSPS) is 12.1. The molecule has 0 unspecified atom stereocenters. The van der Waals surface area contributed by atoms with Gasteiger partial charge >= 0.3 is 0 Å². The maximum atomic E-state index is 5.47. The molecule has 270 valence electrons. The van der Waals surface area contributed by atoms with Gasteiger partial charge in [-0.15, -0.1) is 34.0 Å². The number of rotatable bonds is 4. The Balaban J connectivity index is 1.17. The number of para-hydroxylation sites is 2. The van der Waals surface area contributed by atoms with E-state index in [4.69, 9.17) is 15.0 Å². The van der Waals surface area contributed by atoms with Crippen molar-refractivity contribution >= 4 is 116 Å². The van der Waals surface area contributed by atoms with Gasteiger partial charge in [0.2, 0.25) is 0 Å². The molecule has 8 aromatic carbocycles. The Kier molecular flexibility index (Phi) is 6.89. The molecule has 0 amide bonds. The molecule has 0 atom stereocenters. The van der Waals surface area contributed by atoms with E-state index in [1.54, 1.807) is 11.3 Å². The summed E-state index contributed by atoms with van der Waals surface area (Å²) in [7, 11) is 0. The van der Waals surface area contributed by atoms with Crippen molar-refractivity contribution < 1.29 is 0 Å². The Morgan fingerprint density at radius 1 is 0.345 bits per heavy atom. The molecule has 7 heteroatoms. The fourth-order valence-corrected chi connectivity index (χ4v) is 12.4. The van der Waals surface area contributed by atoms with Gasteiger partial charge in [-0.25, -0.2) is 15.0 Å². The van der Waals surface area contributed by atoms with E-state index in [0.29, 0.717) is 17.5 Å². The lowest BCUT2D eigenvalue weighted by Gasteiger charge is -2.13. The molecule has 0 aliphatic carbocycles. The number of nitrogens with zero attached hydrogens (tertiary/aromatic N) is 4. The monoisotopic (exact) mass is 792 g/mol. The van der Waals surface area contributed by atoms with Crippen molar-refractivity contribution in [2.45, 2.75) is 0 Å². The lowest BCUT2D eigenvalue weighted by Crippen LogP contribution is -2.01. The first-order chi connectivity index (χ1) is 28.7. The van der Waals surface area contributed by atoms with E-state index in [2.05, 4.69) is 168 Å². The topological polar surface area (TPSA) is 43.6 Å². The molecule has 5 aromatic heterocycles. The zero-order valence-corrected chi connectivity index (χ0v) is 33.1. The van der Waals surface area contributed by atoms with Crippen LogP contribution in [0, 0.1) is 0 Å². The van der Waals surface area contributed by atoms with Crippen molar-refractivity contribution in [1.29, 1.82) is 0 Å². The summed E-state index contributed by atoms with van der Waals surface area (Å²) < 4.78 is 9.85. The summed E-state index contributed by atoms with van der Waals surface area (Å²) >= 11 is 5.49. The fourth-order valence-electron chi connectivity index (χ4n) is 8.92. The van der Waals surface area contributed by atoms with Gasteiger partial charge < -0.3 is 4.57 Å². The Hall–Kier alpha value is -6.77. The smallest absolute Gasteiger partial charge is 0.165 e. The first-order valence-electron chi connectivity index (χ1n) is 19.3. The van der Waals surface area contributed by atoms with Crippen LogP contribution in [0.2, 0.25) is 0 Å². The van der Waals surface area contributed by atoms with Gasteiger partial charge in [-0.05, 0) is 54.6 Å². The largest absolute Gasteiger partial charge is 0.309 e. The second-order valence-corrected chi connectivity index (χ2v) is 17.9. The van der Waals surface area contributed by atoms with E-state index in [1.807, 2.05) is 28.7 Å². The standard InChI is InChI=1S/C51H28N4S3/c1-2-13-29(14-3-1)49-52-50(36-20-12-19-34-33-17-6-10-23-41(33)57-47(34)36)54-51(53-49)38-28-30(55-39-21-8-4-15-31(39)32-16-5-9-22-40(32)55)27-37-46-44(58-48(37)38)26-25-43-45(46)35-18-7-11-24-42(35)56-43/h1-28H. The number of benzene rings is 8. The van der Waals surface area contributed by atoms with Crippen molar-refractivity contribution in [3.8, 4) is 39.9 Å². The lowest BCUT2D eigenvalue weighted by molar-refractivity contribution is 1.08. The van der Waals surface area contributed by atoms with Crippen LogP contribution in [-0.4, -0.2) is 19.5 Å². The fraction of sp³-hybridized carbons (Fsp3) is 0. The highest BCUT2D eigenvalue weighted by atomic mass is 32.1. The van der Waals surface area contributed by atoms with Crippen molar-refractivity contribution in [3.63, 3.8) is 0 Å². The van der Waals surface area contributed by atoms with Gasteiger partial charge in [0.05, 0.1) is 11.0 Å². The van der Waals surface area contributed by atoms with E-state index in [1.165, 1.54) is 71.3 Å². The summed E-state index contributed by atoms with van der Waals surface area (Å²) in [5.41, 5.74) is 6.36. The molecule has 0 fully saturated rings. The summed E-state index contributed by atoms with van der Waals surface area (Å²) in [6.45, 7) is 0. The van der Waals surface area contributed by atoms with Gasteiger partial charge in [-0.3, -0.25) is 0 Å². The highest BCUT2D eigenvalue weighted by molar-refractivity contribution is 7.28. The summed E-state index contributed by atoms with van der Waals surface area (Å²) in [5, 5.41) is 10.0. The number of hydrogen-bond acceptors (Lipinski definition) is 6. The van der Waals surface area contributed by atoms with Crippen LogP contribution in [0.3, 0.4) is 0 Å². The van der Waals surface area contributed by atoms with Gasteiger partial charge in [0, 0.05) is 93.7 Å². The Morgan fingerprint density at radius 2 is 0.879 bits per heavy atom. The van der Waals surface area contributed by atoms with Gasteiger partial charge in [-0.2, -0.15) is 0 Å². The molecule has 0 saturated carbocycles. The summed E-state index contributed by atoms with van der Waals surface area (Å²) in [6.07, 6.45) is 0. The minimum Gasteiger partial charge on any atom is -0.309 e. The van der Waals surface area contributed by atoms with Gasteiger partial charge in [0.1, 0.15) is 0 Å². The molecule has 0 aliphatic rings. The van der Waals surface area contributed by atoms with Crippen LogP contribution in [-0.2, 0) is 0 Å². The molecule has 0 saturated heterocycles. The minimum absolute atomic E-state index is 0.654. The van der Waals surface area contributed by atoms with Gasteiger partial charge in [-0.1, -0.05) is 115 Å². The van der Waals surface area contributed by atoms with E-state index < -0.39 is 0 Å². The predicted octanol–water partition coefficient (Wildman–Crippen LogP) is 15.1. The molecule has 4 nitrogen and oxygen atoms in total. The van der Waals surface area contributed by atoms with Crippen LogP contribution in [0.1, 0.15) is 0 Å². The molecule has 0 bridgehead atoms. The van der Waals surface area contributed by atoms with Crippen molar-refractivity contribution in [3.05, 3.63) is 170 Å². The Labute approximate surface area is 343 Å². The summed E-state index contributed by atoms with van der Waals surface area (Å²) in [5.74, 6) is 1.98. The number of fused-ring (bicyclic) bond motifs is 13. The molecule has 0 radical (unpaired) electrons. The van der Waals surface area contributed by atoms with Crippen LogP contribution in [0.4, 0.5) is 0 Å². The number of thiophene rings is 3. The Bertz CT molecular complexity index is 3760. The average molecular weight is 793 g/mol. The number of hydrogen-bond donors (Lipinski definition) is 0. The Morgan fingerprint density at radius 3 is 1.64 bits per heavy atom. The molecule has 0 aliphatic heterocycles. The highest BCUT2D eigenvalue weighted by Crippen LogP contribution is 2.48. The molecule has 13 aromatic rings. The van der Waals surface area contributed by atoms with E-state index in [-0.39, 0.29) is 0 Å². The third-order valence-electron chi connectivity index (χ3n) is 11.5. The van der Waals surface area contributed by atoms with Gasteiger partial charge in [0.15, 0.2) is 17.5 Å². The van der Waals surface area contributed by atoms with E-state index in [9.17, 15) is 0 Å². The highest BCUT2D eigenvalue weighted by Gasteiger charge is 2.23. The SMILES string of the molecule is c1ccc(-c2nc(-c3cccc4c3sc3ccccc34)nc(-c3cc(-n4c5ccccc5c5ccccc54)cc4c3sc3ccc5sc6ccccc6c5c34)n2)cc1. The van der Waals surface area contributed by atoms with Crippen molar-refractivity contribution in [2.75, 3.05) is 0 Å². The van der Waals surface area contributed by atoms with Crippen molar-refractivity contribution in [1.82, 2.24) is 19.5 Å². The lowest BCUT2D eigenvalue weighted by atomic mass is 10.0. The first kappa shape index (κ1) is 32.3. The average Bonchev–Trinajstić information content (AvgIpc) is 4.05. The van der Waals surface area contributed by atoms with Gasteiger partial charge in [0.25, 0.3) is 0 Å². The number of aromatic nitrogens is 4.